The molecular formula is C11H23NO2. The van der Waals surface area contributed by atoms with Crippen molar-refractivity contribution in [3.63, 3.8) is 0 Å². The molecule has 0 saturated heterocycles. The molecule has 14 heavy (non-hydrogen) atoms. The molecular weight excluding hydrogens is 178 g/mol. The third-order valence-corrected chi connectivity index (χ3v) is 3.22. The van der Waals surface area contributed by atoms with Crippen molar-refractivity contribution < 1.29 is 10.2 Å². The highest BCUT2D eigenvalue weighted by Gasteiger charge is 2.30. The van der Waals surface area contributed by atoms with Crippen molar-refractivity contribution in [2.45, 2.75) is 51.1 Å². The van der Waals surface area contributed by atoms with Crippen LogP contribution in [0.1, 0.15) is 39.5 Å². The molecule has 3 heteroatoms. The van der Waals surface area contributed by atoms with Crippen LogP contribution in [0.5, 0.6) is 0 Å². The maximum atomic E-state index is 9.25. The van der Waals surface area contributed by atoms with Gasteiger partial charge in [0.1, 0.15) is 0 Å². The Kier molecular flexibility index (Phi) is 4.35. The minimum absolute atomic E-state index is 0.00894. The van der Waals surface area contributed by atoms with E-state index in [0.29, 0.717) is 6.04 Å². The van der Waals surface area contributed by atoms with Crippen LogP contribution in [0, 0.1) is 5.92 Å². The van der Waals surface area contributed by atoms with Gasteiger partial charge in [-0.1, -0.05) is 19.8 Å². The van der Waals surface area contributed by atoms with Gasteiger partial charge >= 0.3 is 0 Å². The van der Waals surface area contributed by atoms with Gasteiger partial charge in [-0.25, -0.2) is 0 Å². The first-order valence-electron chi connectivity index (χ1n) is 5.65. The van der Waals surface area contributed by atoms with Crippen LogP contribution in [0.15, 0.2) is 0 Å². The fourth-order valence-electron chi connectivity index (χ4n) is 1.90. The molecule has 0 radical (unpaired) electrons. The molecule has 1 aliphatic rings. The molecule has 1 unspecified atom stereocenters. The summed E-state index contributed by atoms with van der Waals surface area (Å²) in [5.74, 6) is 0.879. The van der Waals surface area contributed by atoms with Gasteiger partial charge in [-0.3, -0.25) is 0 Å². The lowest BCUT2D eigenvalue weighted by atomic mass is 9.96. The van der Waals surface area contributed by atoms with E-state index in [4.69, 9.17) is 0 Å². The van der Waals surface area contributed by atoms with Gasteiger partial charge in [-0.05, 0) is 25.7 Å². The van der Waals surface area contributed by atoms with Crippen LogP contribution in [0.4, 0.5) is 0 Å². The molecule has 3 N–H and O–H groups in total. The van der Waals surface area contributed by atoms with Gasteiger partial charge in [0.05, 0.1) is 18.8 Å². The largest absolute Gasteiger partial charge is 0.394 e. The Hall–Kier alpha value is -0.120. The summed E-state index contributed by atoms with van der Waals surface area (Å²) in [6.45, 7) is 4.14. The van der Waals surface area contributed by atoms with Crippen LogP contribution in [0.3, 0.4) is 0 Å². The molecule has 0 heterocycles. The lowest BCUT2D eigenvalue weighted by molar-refractivity contribution is 0.0777. The smallest absolute Gasteiger partial charge is 0.0647 e. The Labute approximate surface area is 86.5 Å². The summed E-state index contributed by atoms with van der Waals surface area (Å²) in [6, 6.07) is 0.391. The van der Waals surface area contributed by atoms with Gasteiger partial charge in [0.25, 0.3) is 0 Å². The Bertz CT molecular complexity index is 156. The standard InChI is InChI=1S/C11H23NO2/c1-3-11(7-13,8-14)12-9(2)6-10-4-5-10/h9-10,12-14H,3-8H2,1-2H3. The molecule has 0 aliphatic heterocycles. The summed E-state index contributed by atoms with van der Waals surface area (Å²) in [4.78, 5) is 0. The van der Waals surface area contributed by atoms with Crippen molar-refractivity contribution in [1.82, 2.24) is 5.32 Å². The van der Waals surface area contributed by atoms with Crippen molar-refractivity contribution in [2.75, 3.05) is 13.2 Å². The Morgan fingerprint density at radius 1 is 1.36 bits per heavy atom. The molecule has 1 fully saturated rings. The van der Waals surface area contributed by atoms with Gasteiger partial charge in [0.15, 0.2) is 0 Å². The summed E-state index contributed by atoms with van der Waals surface area (Å²) in [6.07, 6.45) is 4.63. The lowest BCUT2D eigenvalue weighted by Crippen LogP contribution is -2.54. The fourth-order valence-corrected chi connectivity index (χ4v) is 1.90. The zero-order valence-electron chi connectivity index (χ0n) is 9.29. The zero-order chi connectivity index (χ0) is 10.6. The summed E-state index contributed by atoms with van der Waals surface area (Å²) in [7, 11) is 0. The first-order chi connectivity index (χ1) is 6.65. The Morgan fingerprint density at radius 3 is 2.29 bits per heavy atom. The highest BCUT2D eigenvalue weighted by molar-refractivity contribution is 4.89. The number of nitrogens with one attached hydrogen (secondary N) is 1. The van der Waals surface area contributed by atoms with Crippen LogP contribution in [-0.2, 0) is 0 Å². The average molecular weight is 201 g/mol. The quantitative estimate of drug-likeness (QED) is 0.573. The van der Waals surface area contributed by atoms with E-state index in [2.05, 4.69) is 12.2 Å². The summed E-state index contributed by atoms with van der Waals surface area (Å²) in [5.41, 5.74) is -0.478. The maximum Gasteiger partial charge on any atom is 0.0647 e. The average Bonchev–Trinajstić information content (AvgIpc) is 2.98. The fraction of sp³-hybridized carbons (Fsp3) is 1.00. The molecule has 1 rings (SSSR count). The molecule has 0 aromatic heterocycles. The highest BCUT2D eigenvalue weighted by Crippen LogP contribution is 2.33. The van der Waals surface area contributed by atoms with Gasteiger partial charge in [0.2, 0.25) is 0 Å². The van der Waals surface area contributed by atoms with Crippen molar-refractivity contribution in [3.8, 4) is 0 Å². The topological polar surface area (TPSA) is 52.5 Å². The predicted molar refractivity (Wildman–Crippen MR) is 57.1 cm³/mol. The van der Waals surface area contributed by atoms with Crippen LogP contribution < -0.4 is 5.32 Å². The van der Waals surface area contributed by atoms with Crippen LogP contribution in [0.25, 0.3) is 0 Å². The number of hydrogen-bond donors (Lipinski definition) is 3. The molecule has 3 nitrogen and oxygen atoms in total. The molecule has 84 valence electrons. The molecule has 0 aromatic rings. The predicted octanol–water partition coefficient (Wildman–Crippen LogP) is 0.898. The van der Waals surface area contributed by atoms with Crippen LogP contribution in [-0.4, -0.2) is 35.0 Å². The first-order valence-corrected chi connectivity index (χ1v) is 5.65. The highest BCUT2D eigenvalue weighted by atomic mass is 16.3. The number of aliphatic hydroxyl groups excluding tert-OH is 2. The van der Waals surface area contributed by atoms with E-state index in [-0.39, 0.29) is 13.2 Å². The van der Waals surface area contributed by atoms with Crippen molar-refractivity contribution in [1.29, 1.82) is 0 Å². The van der Waals surface area contributed by atoms with Gasteiger partial charge in [-0.15, -0.1) is 0 Å². The minimum atomic E-state index is -0.478. The van der Waals surface area contributed by atoms with Crippen LogP contribution in [0.2, 0.25) is 0 Å². The van der Waals surface area contributed by atoms with Crippen molar-refractivity contribution >= 4 is 0 Å². The monoisotopic (exact) mass is 201 g/mol. The van der Waals surface area contributed by atoms with Crippen LogP contribution >= 0.6 is 0 Å². The normalized spacial score (nSPS) is 19.7. The van der Waals surface area contributed by atoms with E-state index < -0.39 is 5.54 Å². The van der Waals surface area contributed by atoms with E-state index >= 15 is 0 Å². The SMILES string of the molecule is CCC(CO)(CO)NC(C)CC1CC1. The number of aliphatic hydroxyl groups is 2. The second kappa shape index (κ2) is 5.10. The molecule has 0 spiro atoms. The molecule has 1 saturated carbocycles. The van der Waals surface area contributed by atoms with E-state index in [1.165, 1.54) is 19.3 Å². The third kappa shape index (κ3) is 3.23. The van der Waals surface area contributed by atoms with Gasteiger partial charge in [-0.2, -0.15) is 0 Å². The second-order valence-corrected chi connectivity index (χ2v) is 4.67. The molecule has 1 atom stereocenters. The second-order valence-electron chi connectivity index (χ2n) is 4.67. The van der Waals surface area contributed by atoms with Crippen molar-refractivity contribution in [2.24, 2.45) is 5.92 Å². The van der Waals surface area contributed by atoms with E-state index in [0.717, 1.165) is 12.3 Å². The van der Waals surface area contributed by atoms with E-state index in [9.17, 15) is 10.2 Å². The van der Waals surface area contributed by atoms with Gasteiger partial charge < -0.3 is 15.5 Å². The van der Waals surface area contributed by atoms with E-state index in [1.807, 2.05) is 6.92 Å². The maximum absolute atomic E-state index is 9.25. The van der Waals surface area contributed by atoms with E-state index in [1.54, 1.807) is 0 Å². The minimum Gasteiger partial charge on any atom is -0.394 e. The molecule has 0 aromatic carbocycles. The lowest BCUT2D eigenvalue weighted by Gasteiger charge is -2.33. The zero-order valence-corrected chi connectivity index (χ0v) is 9.29. The molecule has 0 bridgehead atoms. The summed E-state index contributed by atoms with van der Waals surface area (Å²) in [5, 5.41) is 21.9. The van der Waals surface area contributed by atoms with Gasteiger partial charge in [0, 0.05) is 6.04 Å². The molecule has 0 amide bonds. The number of hydrogen-bond acceptors (Lipinski definition) is 3. The Morgan fingerprint density at radius 2 is 1.93 bits per heavy atom. The third-order valence-electron chi connectivity index (χ3n) is 3.22. The van der Waals surface area contributed by atoms with Crippen molar-refractivity contribution in [3.05, 3.63) is 0 Å². The Balaban J connectivity index is 2.35. The molecule has 1 aliphatic carbocycles. The summed E-state index contributed by atoms with van der Waals surface area (Å²) < 4.78 is 0. The number of rotatable bonds is 7. The first kappa shape index (κ1) is 12.0. The summed E-state index contributed by atoms with van der Waals surface area (Å²) >= 11 is 0.